The number of halogens is 6. The molecule has 48 heavy (non-hydrogen) atoms. The first-order chi connectivity index (χ1) is 22.3. The molecule has 4 rings (SSSR count). The molecule has 1 N–H and O–H groups in total. The van der Waals surface area contributed by atoms with Crippen molar-refractivity contribution in [1.82, 2.24) is 0 Å². The van der Waals surface area contributed by atoms with E-state index in [0.717, 1.165) is 74.4 Å². The van der Waals surface area contributed by atoms with E-state index in [1.165, 1.54) is 75.4 Å². The number of ether oxygens (including phenoxy) is 2. The molecule has 0 bridgehead atoms. The number of ketones is 1. The minimum Gasteiger partial charge on any atom is -0.507 e. The average Bonchev–Trinajstić information content (AvgIpc) is 3.77. The molecular weight excluding hydrogens is 686 g/mol. The zero-order chi connectivity index (χ0) is 34.9. The van der Waals surface area contributed by atoms with Gasteiger partial charge in [-0.3, -0.25) is 4.79 Å². The number of benzene rings is 2. The monoisotopic (exact) mass is 731 g/mol. The summed E-state index contributed by atoms with van der Waals surface area (Å²) in [5.74, 6) is -1.38. The summed E-state index contributed by atoms with van der Waals surface area (Å²) in [4.78, 5) is 11.9. The van der Waals surface area contributed by atoms with Crippen LogP contribution in [0, 0.1) is 0 Å². The number of carbonyl (C=O) groups excluding carboxylic acids is 1. The molecule has 1 radical (unpaired) electrons. The van der Waals surface area contributed by atoms with Crippen LogP contribution in [0.2, 0.25) is 0 Å². The first kappa shape index (κ1) is 43.2. The van der Waals surface area contributed by atoms with Crippen molar-refractivity contribution in [2.24, 2.45) is 0 Å². The third-order valence-electron chi connectivity index (χ3n) is 7.54. The molecule has 1 fully saturated rings. The van der Waals surface area contributed by atoms with Crippen molar-refractivity contribution in [3.05, 3.63) is 101 Å². The molecule has 0 amide bonds. The second kappa shape index (κ2) is 22.0. The van der Waals surface area contributed by atoms with Gasteiger partial charge in [0, 0.05) is 34.3 Å². The first-order valence-electron chi connectivity index (χ1n) is 16.1. The van der Waals surface area contributed by atoms with E-state index in [0.29, 0.717) is 6.10 Å². The number of rotatable bonds is 14. The van der Waals surface area contributed by atoms with Crippen molar-refractivity contribution in [1.29, 1.82) is 0 Å². The van der Waals surface area contributed by atoms with Crippen molar-refractivity contribution in [2.45, 2.75) is 96.5 Å². The van der Waals surface area contributed by atoms with Gasteiger partial charge < -0.3 is 14.6 Å². The Morgan fingerprint density at radius 3 is 1.77 bits per heavy atom. The van der Waals surface area contributed by atoms with Crippen LogP contribution in [-0.4, -0.2) is 36.8 Å². The summed E-state index contributed by atoms with van der Waals surface area (Å²) in [5, 5.41) is 9.81. The molecule has 0 spiro atoms. The van der Waals surface area contributed by atoms with Gasteiger partial charge in [0.25, 0.3) is 0 Å². The predicted molar refractivity (Wildman–Crippen MR) is 173 cm³/mol. The fourth-order valence-electron chi connectivity index (χ4n) is 4.55. The maximum atomic E-state index is 12.5. The second-order valence-corrected chi connectivity index (χ2v) is 11.5. The number of aliphatic hydroxyl groups excluding tert-OH is 1. The quantitative estimate of drug-likeness (QED) is 0.0307. The fourth-order valence-corrected chi connectivity index (χ4v) is 4.55. The van der Waals surface area contributed by atoms with E-state index in [1.54, 1.807) is 0 Å². The second-order valence-electron chi connectivity index (χ2n) is 11.5. The topological polar surface area (TPSA) is 59.1 Å². The molecule has 2 aromatic rings. The molecule has 0 saturated carbocycles. The summed E-state index contributed by atoms with van der Waals surface area (Å²) in [5.41, 5.74) is 0.833. The number of hydrogen-bond acceptors (Lipinski definition) is 4. The van der Waals surface area contributed by atoms with E-state index < -0.39 is 35.0 Å². The standard InChI is InChI=1S/C17H10F6O2.2C10H18O.Cu/c18-16(19,20)12-5-1-10(2-6-12)14(24)9-15(25)11-3-7-13(8-4-11)17(21,22)23;1-3-4-5-6-7-9(2)10-8-11-10;1-2-3-4-5-6-10-7-8-11-9-10;/h1-9,24H;10H,2-8H2,1H3;7H,2-6,8-9H2,1H3;. The SMILES string of the molecule is C=C(CCCCCC)C1CO1.CCCCCCC1=CCOC1.O=C(C=C(O)c1ccc(C(F)(F)F)cc1)c1ccc(C(F)(F)F)cc1.[Cu]. The number of aliphatic hydroxyl groups is 1. The van der Waals surface area contributed by atoms with E-state index in [9.17, 15) is 36.2 Å². The van der Waals surface area contributed by atoms with E-state index in [-0.39, 0.29) is 28.2 Å². The van der Waals surface area contributed by atoms with Gasteiger partial charge in [0.2, 0.25) is 0 Å². The predicted octanol–water partition coefficient (Wildman–Crippen LogP) is 11.3. The van der Waals surface area contributed by atoms with E-state index in [1.807, 2.05) is 0 Å². The van der Waals surface area contributed by atoms with Gasteiger partial charge in [-0.15, -0.1) is 0 Å². The molecule has 0 aliphatic carbocycles. The van der Waals surface area contributed by atoms with Gasteiger partial charge >= 0.3 is 12.4 Å². The summed E-state index contributed by atoms with van der Waals surface area (Å²) < 4.78 is 85.1. The Bertz CT molecular complexity index is 1300. The summed E-state index contributed by atoms with van der Waals surface area (Å²) in [7, 11) is 0. The van der Waals surface area contributed by atoms with E-state index in [2.05, 4.69) is 26.5 Å². The number of hydrogen-bond donors (Lipinski definition) is 1. The average molecular weight is 732 g/mol. The molecule has 1 saturated heterocycles. The molecule has 0 aromatic heterocycles. The minimum atomic E-state index is -4.54. The Labute approximate surface area is 290 Å². The van der Waals surface area contributed by atoms with Gasteiger partial charge in [0.05, 0.1) is 30.9 Å². The molecule has 2 aliphatic heterocycles. The normalized spacial score (nSPS) is 15.6. The Hall–Kier alpha value is -2.85. The van der Waals surface area contributed by atoms with Crippen LogP contribution in [0.4, 0.5) is 26.3 Å². The summed E-state index contributed by atoms with van der Waals surface area (Å²) >= 11 is 0. The van der Waals surface area contributed by atoms with Crippen molar-refractivity contribution in [3.8, 4) is 0 Å². The van der Waals surface area contributed by atoms with Crippen LogP contribution in [-0.2, 0) is 38.9 Å². The third kappa shape index (κ3) is 17.0. The van der Waals surface area contributed by atoms with Gasteiger partial charge in [0.15, 0.2) is 5.78 Å². The smallest absolute Gasteiger partial charge is 0.416 e. The minimum absolute atomic E-state index is 0. The van der Waals surface area contributed by atoms with Crippen molar-refractivity contribution in [2.75, 3.05) is 19.8 Å². The first-order valence-corrected chi connectivity index (χ1v) is 16.1. The molecule has 2 aliphatic rings. The number of alkyl halides is 6. The Morgan fingerprint density at radius 2 is 1.33 bits per heavy atom. The van der Waals surface area contributed by atoms with E-state index in [4.69, 9.17) is 9.47 Å². The van der Waals surface area contributed by atoms with Gasteiger partial charge in [-0.1, -0.05) is 89.3 Å². The molecule has 2 aromatic carbocycles. The van der Waals surface area contributed by atoms with Crippen LogP contribution in [0.25, 0.3) is 5.76 Å². The molecule has 4 nitrogen and oxygen atoms in total. The number of unbranched alkanes of at least 4 members (excludes halogenated alkanes) is 6. The number of allylic oxidation sites excluding steroid dienone is 1. The van der Waals surface area contributed by atoms with Crippen molar-refractivity contribution in [3.63, 3.8) is 0 Å². The van der Waals surface area contributed by atoms with Gasteiger partial charge in [0.1, 0.15) is 11.9 Å². The van der Waals surface area contributed by atoms with Crippen LogP contribution in [0.5, 0.6) is 0 Å². The summed E-state index contributed by atoms with van der Waals surface area (Å²) in [6.07, 6.45) is 7.51. The maximum Gasteiger partial charge on any atom is 0.416 e. The zero-order valence-corrected chi connectivity index (χ0v) is 28.4. The Balaban J connectivity index is 0.000000414. The van der Waals surface area contributed by atoms with Crippen LogP contribution < -0.4 is 0 Å². The number of epoxide rings is 1. The molecule has 1 atom stereocenters. The molecule has 271 valence electrons. The summed E-state index contributed by atoms with van der Waals surface area (Å²) in [6.45, 7) is 11.1. The largest absolute Gasteiger partial charge is 0.507 e. The summed E-state index contributed by atoms with van der Waals surface area (Å²) in [6, 6.07) is 6.77. The van der Waals surface area contributed by atoms with Crippen molar-refractivity contribution < 1.29 is 62.8 Å². The van der Waals surface area contributed by atoms with Crippen LogP contribution >= 0.6 is 0 Å². The maximum absolute atomic E-state index is 12.5. The van der Waals surface area contributed by atoms with Gasteiger partial charge in [-0.2, -0.15) is 26.3 Å². The number of carbonyl (C=O) groups is 1. The zero-order valence-electron chi connectivity index (χ0n) is 27.5. The van der Waals surface area contributed by atoms with Crippen LogP contribution in [0.3, 0.4) is 0 Å². The van der Waals surface area contributed by atoms with E-state index >= 15 is 0 Å². The Kier molecular flexibility index (Phi) is 19.8. The molecule has 11 heteroatoms. The van der Waals surface area contributed by atoms with Crippen molar-refractivity contribution >= 4 is 11.5 Å². The van der Waals surface area contributed by atoms with Crippen LogP contribution in [0.15, 0.2) is 78.4 Å². The van der Waals surface area contributed by atoms with Gasteiger partial charge in [-0.25, -0.2) is 0 Å². The third-order valence-corrected chi connectivity index (χ3v) is 7.54. The Morgan fingerprint density at radius 1 is 0.833 bits per heavy atom. The molecular formula is C37H46CuF6O4. The fraction of sp³-hybridized carbons (Fsp3) is 0.486. The molecule has 2 heterocycles. The van der Waals surface area contributed by atoms with Crippen LogP contribution in [0.1, 0.15) is 105 Å². The van der Waals surface area contributed by atoms with Gasteiger partial charge in [-0.05, 0) is 61.1 Å². The molecule has 1 unspecified atom stereocenters.